The molecule has 0 bridgehead atoms. The molecule has 1 saturated heterocycles. The number of carbonyl (C=O) groups excluding carboxylic acids is 1. The first kappa shape index (κ1) is 17.6. The third kappa shape index (κ3) is 4.89. The van der Waals surface area contributed by atoms with E-state index < -0.39 is 0 Å². The highest BCUT2D eigenvalue weighted by Gasteiger charge is 2.16. The second kappa shape index (κ2) is 8.26. The largest absolute Gasteiger partial charge is 0.348 e. The maximum Gasteiger partial charge on any atom is 0.251 e. The van der Waals surface area contributed by atoms with Crippen LogP contribution in [0.3, 0.4) is 0 Å². The van der Waals surface area contributed by atoms with Crippen LogP contribution in [-0.2, 0) is 13.1 Å². The van der Waals surface area contributed by atoms with Crippen LogP contribution in [0.4, 0.5) is 4.39 Å². The number of rotatable bonds is 5. The monoisotopic (exact) mass is 340 g/mol. The van der Waals surface area contributed by atoms with Crippen molar-refractivity contribution in [1.29, 1.82) is 0 Å². The van der Waals surface area contributed by atoms with Gasteiger partial charge in [0.1, 0.15) is 5.82 Å². The molecule has 1 amide bonds. The summed E-state index contributed by atoms with van der Waals surface area (Å²) in [6, 6.07) is 14.2. The summed E-state index contributed by atoms with van der Waals surface area (Å²) < 4.78 is 13.6. The lowest BCUT2D eigenvalue weighted by Gasteiger charge is -2.30. The number of benzene rings is 2. The van der Waals surface area contributed by atoms with Crippen molar-refractivity contribution in [2.24, 2.45) is 5.92 Å². The van der Waals surface area contributed by atoms with Gasteiger partial charge in [0.25, 0.3) is 5.91 Å². The Hall–Kier alpha value is -2.20. The summed E-state index contributed by atoms with van der Waals surface area (Å²) in [7, 11) is 0. The van der Waals surface area contributed by atoms with E-state index in [4.69, 9.17) is 0 Å². The van der Waals surface area contributed by atoms with Gasteiger partial charge in [-0.15, -0.1) is 0 Å². The molecule has 1 aliphatic rings. The number of nitrogens with zero attached hydrogens (tertiary/aromatic N) is 1. The molecule has 1 N–H and O–H groups in total. The van der Waals surface area contributed by atoms with Crippen LogP contribution in [0.15, 0.2) is 48.5 Å². The van der Waals surface area contributed by atoms with Crippen molar-refractivity contribution in [2.75, 3.05) is 13.1 Å². The fraction of sp³-hybridized carbons (Fsp3) is 0.381. The van der Waals surface area contributed by atoms with Crippen molar-refractivity contribution in [3.05, 3.63) is 71.0 Å². The molecule has 1 heterocycles. The summed E-state index contributed by atoms with van der Waals surface area (Å²) in [6.45, 7) is 5.72. The van der Waals surface area contributed by atoms with E-state index >= 15 is 0 Å². The Morgan fingerprint density at radius 3 is 2.68 bits per heavy atom. The van der Waals surface area contributed by atoms with Crippen molar-refractivity contribution in [2.45, 2.75) is 32.9 Å². The zero-order valence-corrected chi connectivity index (χ0v) is 14.7. The average Bonchev–Trinajstić information content (AvgIpc) is 2.61. The lowest BCUT2D eigenvalue weighted by molar-refractivity contribution is 0.0950. The first-order valence-electron chi connectivity index (χ1n) is 8.95. The molecule has 1 aliphatic heterocycles. The zero-order valence-electron chi connectivity index (χ0n) is 14.7. The molecule has 132 valence electrons. The minimum absolute atomic E-state index is 0.179. The lowest BCUT2D eigenvalue weighted by Crippen LogP contribution is -2.33. The van der Waals surface area contributed by atoms with E-state index in [2.05, 4.69) is 17.1 Å². The van der Waals surface area contributed by atoms with Gasteiger partial charge in [-0.3, -0.25) is 9.69 Å². The fourth-order valence-electron chi connectivity index (χ4n) is 3.37. The number of amides is 1. The Kier molecular flexibility index (Phi) is 5.82. The summed E-state index contributed by atoms with van der Waals surface area (Å²) in [5.41, 5.74) is 2.32. The number of piperidine rings is 1. The topological polar surface area (TPSA) is 32.3 Å². The highest BCUT2D eigenvalue weighted by molar-refractivity contribution is 5.94. The van der Waals surface area contributed by atoms with Gasteiger partial charge in [-0.2, -0.15) is 0 Å². The maximum absolute atomic E-state index is 13.6. The Labute approximate surface area is 148 Å². The average molecular weight is 340 g/mol. The van der Waals surface area contributed by atoms with Gasteiger partial charge in [-0.1, -0.05) is 37.3 Å². The number of halogens is 1. The summed E-state index contributed by atoms with van der Waals surface area (Å²) >= 11 is 0. The number of hydrogen-bond donors (Lipinski definition) is 1. The molecular formula is C21H25FN2O. The summed E-state index contributed by atoms with van der Waals surface area (Å²) in [6.07, 6.45) is 2.58. The first-order valence-corrected chi connectivity index (χ1v) is 8.95. The first-order chi connectivity index (χ1) is 12.1. The van der Waals surface area contributed by atoms with Crippen molar-refractivity contribution in [1.82, 2.24) is 10.2 Å². The maximum atomic E-state index is 13.6. The number of nitrogens with one attached hydrogen (secondary N) is 1. The second-order valence-corrected chi connectivity index (χ2v) is 6.95. The molecule has 3 nitrogen and oxygen atoms in total. The summed E-state index contributed by atoms with van der Waals surface area (Å²) in [5.74, 6) is 0.285. The smallest absolute Gasteiger partial charge is 0.251 e. The second-order valence-electron chi connectivity index (χ2n) is 6.95. The molecule has 1 unspecified atom stereocenters. The van der Waals surface area contributed by atoms with Gasteiger partial charge >= 0.3 is 0 Å². The van der Waals surface area contributed by atoms with Crippen LogP contribution in [0.25, 0.3) is 0 Å². The molecule has 4 heteroatoms. The van der Waals surface area contributed by atoms with Crippen molar-refractivity contribution in [3.8, 4) is 0 Å². The standard InChI is InChI=1S/C21H25FN2O/c1-16-5-4-12-24(14-16)15-17-8-10-18(11-9-17)21(25)23-13-19-6-2-3-7-20(19)22/h2-3,6-11,16H,4-5,12-15H2,1H3,(H,23,25). The molecule has 1 fully saturated rings. The van der Waals surface area contributed by atoms with Gasteiger partial charge in [0, 0.05) is 30.8 Å². The molecule has 0 spiro atoms. The molecule has 25 heavy (non-hydrogen) atoms. The molecule has 0 saturated carbocycles. The third-order valence-electron chi connectivity index (χ3n) is 4.76. The summed E-state index contributed by atoms with van der Waals surface area (Å²) in [5, 5.41) is 2.77. The van der Waals surface area contributed by atoms with Gasteiger partial charge in [0.05, 0.1) is 0 Å². The van der Waals surface area contributed by atoms with E-state index in [1.165, 1.54) is 24.5 Å². The number of likely N-dealkylation sites (tertiary alicyclic amines) is 1. The van der Waals surface area contributed by atoms with Crippen LogP contribution in [0.5, 0.6) is 0 Å². The Balaban J connectivity index is 1.54. The summed E-state index contributed by atoms with van der Waals surface area (Å²) in [4.78, 5) is 14.7. The lowest BCUT2D eigenvalue weighted by atomic mass is 9.99. The molecule has 0 aliphatic carbocycles. The molecule has 0 radical (unpaired) electrons. The third-order valence-corrected chi connectivity index (χ3v) is 4.76. The SMILES string of the molecule is CC1CCCN(Cc2ccc(C(=O)NCc3ccccc3F)cc2)C1. The zero-order chi connectivity index (χ0) is 17.6. The molecular weight excluding hydrogens is 315 g/mol. The molecule has 3 rings (SSSR count). The van der Waals surface area contributed by atoms with E-state index in [9.17, 15) is 9.18 Å². The van der Waals surface area contributed by atoms with Gasteiger partial charge < -0.3 is 5.32 Å². The van der Waals surface area contributed by atoms with Crippen molar-refractivity contribution in [3.63, 3.8) is 0 Å². The van der Waals surface area contributed by atoms with E-state index in [0.29, 0.717) is 11.1 Å². The van der Waals surface area contributed by atoms with Crippen molar-refractivity contribution >= 4 is 5.91 Å². The molecule has 2 aromatic carbocycles. The predicted octanol–water partition coefficient (Wildman–Crippen LogP) is 3.99. The van der Waals surface area contributed by atoms with Gasteiger partial charge in [0.15, 0.2) is 0 Å². The van der Waals surface area contributed by atoms with E-state index in [-0.39, 0.29) is 18.3 Å². The Bertz CT molecular complexity index is 714. The number of hydrogen-bond acceptors (Lipinski definition) is 2. The Morgan fingerprint density at radius 1 is 1.20 bits per heavy atom. The molecule has 1 atom stereocenters. The highest BCUT2D eigenvalue weighted by Crippen LogP contribution is 2.18. The van der Waals surface area contributed by atoms with Crippen LogP contribution < -0.4 is 5.32 Å². The van der Waals surface area contributed by atoms with Crippen LogP contribution in [0.1, 0.15) is 41.3 Å². The minimum atomic E-state index is -0.297. The van der Waals surface area contributed by atoms with Crippen LogP contribution in [0.2, 0.25) is 0 Å². The number of carbonyl (C=O) groups is 1. The molecule has 2 aromatic rings. The quantitative estimate of drug-likeness (QED) is 0.893. The van der Waals surface area contributed by atoms with Crippen LogP contribution in [0, 0.1) is 11.7 Å². The van der Waals surface area contributed by atoms with Gasteiger partial charge in [0.2, 0.25) is 0 Å². The van der Waals surface area contributed by atoms with Gasteiger partial charge in [-0.05, 0) is 49.1 Å². The normalized spacial score (nSPS) is 18.1. The molecule has 0 aromatic heterocycles. The van der Waals surface area contributed by atoms with Crippen LogP contribution >= 0.6 is 0 Å². The van der Waals surface area contributed by atoms with E-state index in [1.807, 2.05) is 24.3 Å². The highest BCUT2D eigenvalue weighted by atomic mass is 19.1. The van der Waals surface area contributed by atoms with Crippen molar-refractivity contribution < 1.29 is 9.18 Å². The Morgan fingerprint density at radius 2 is 1.96 bits per heavy atom. The van der Waals surface area contributed by atoms with E-state index in [0.717, 1.165) is 25.6 Å². The fourth-order valence-corrected chi connectivity index (χ4v) is 3.37. The minimum Gasteiger partial charge on any atom is -0.348 e. The predicted molar refractivity (Wildman–Crippen MR) is 97.7 cm³/mol. The van der Waals surface area contributed by atoms with E-state index in [1.54, 1.807) is 18.2 Å². The van der Waals surface area contributed by atoms with Gasteiger partial charge in [-0.25, -0.2) is 4.39 Å². The van der Waals surface area contributed by atoms with Crippen LogP contribution in [-0.4, -0.2) is 23.9 Å².